The van der Waals surface area contributed by atoms with Crippen LogP contribution >= 0.6 is 0 Å². The van der Waals surface area contributed by atoms with Gasteiger partial charge in [-0.3, -0.25) is 4.31 Å². The number of carbonyl (C=O) groups excluding carboxylic acids is 1. The quantitative estimate of drug-likeness (QED) is 0.254. The summed E-state index contributed by atoms with van der Waals surface area (Å²) in [7, 11) is -0.944. The second kappa shape index (κ2) is 10.3. The summed E-state index contributed by atoms with van der Waals surface area (Å²) in [5.74, 6) is 0.255. The lowest BCUT2D eigenvalue weighted by atomic mass is 10.0. The number of nitriles is 1. The summed E-state index contributed by atoms with van der Waals surface area (Å²) in [5, 5.41) is 8.93. The summed E-state index contributed by atoms with van der Waals surface area (Å²) in [6.07, 6.45) is 0. The van der Waals surface area contributed by atoms with Crippen molar-refractivity contribution in [3.63, 3.8) is 0 Å². The smallest absolute Gasteiger partial charge is 0.343 e. The monoisotopic (exact) mass is 498 g/mol. The molecule has 0 spiro atoms. The van der Waals surface area contributed by atoms with Crippen molar-refractivity contribution in [3.8, 4) is 28.7 Å². The van der Waals surface area contributed by atoms with Crippen molar-refractivity contribution in [2.45, 2.75) is 4.90 Å². The van der Waals surface area contributed by atoms with Gasteiger partial charge in [-0.25, -0.2) is 13.2 Å². The fourth-order valence-electron chi connectivity index (χ4n) is 3.49. The van der Waals surface area contributed by atoms with Gasteiger partial charge in [0.1, 0.15) is 11.5 Å². The minimum Gasteiger partial charge on any atom is -0.497 e. The van der Waals surface area contributed by atoms with Crippen LogP contribution < -0.4 is 13.8 Å². The van der Waals surface area contributed by atoms with Crippen LogP contribution in [-0.2, 0) is 10.0 Å². The predicted molar refractivity (Wildman–Crippen MR) is 137 cm³/mol. The van der Waals surface area contributed by atoms with E-state index < -0.39 is 16.0 Å². The molecule has 0 heterocycles. The molecule has 4 rings (SSSR count). The third-order valence-electron chi connectivity index (χ3n) is 5.58. The van der Waals surface area contributed by atoms with Crippen LogP contribution in [0.15, 0.2) is 102 Å². The number of benzene rings is 4. The van der Waals surface area contributed by atoms with Gasteiger partial charge >= 0.3 is 5.97 Å². The van der Waals surface area contributed by atoms with Crippen molar-refractivity contribution in [2.24, 2.45) is 0 Å². The topological polar surface area (TPSA) is 96.7 Å². The molecule has 0 aliphatic heterocycles. The van der Waals surface area contributed by atoms with Gasteiger partial charge in [0.15, 0.2) is 0 Å². The van der Waals surface area contributed by atoms with Gasteiger partial charge in [0.25, 0.3) is 10.0 Å². The van der Waals surface area contributed by atoms with Crippen LogP contribution in [0.1, 0.15) is 15.9 Å². The maximum absolute atomic E-state index is 13.2. The van der Waals surface area contributed by atoms with Crippen LogP contribution in [0.5, 0.6) is 11.5 Å². The van der Waals surface area contributed by atoms with Gasteiger partial charge in [-0.05, 0) is 77.9 Å². The molecule has 0 aliphatic rings. The number of nitrogens with zero attached hydrogens (tertiary/aromatic N) is 2. The fourth-order valence-corrected chi connectivity index (χ4v) is 4.73. The molecule has 0 unspecified atom stereocenters. The van der Waals surface area contributed by atoms with Crippen molar-refractivity contribution in [3.05, 3.63) is 108 Å². The highest BCUT2D eigenvalue weighted by Gasteiger charge is 2.23. The maximum atomic E-state index is 13.2. The highest BCUT2D eigenvalue weighted by molar-refractivity contribution is 7.92. The van der Waals surface area contributed by atoms with E-state index in [2.05, 4.69) is 6.07 Å². The number of methoxy groups -OCH3 is 1. The van der Waals surface area contributed by atoms with Crippen LogP contribution in [0.4, 0.5) is 5.69 Å². The molecular formula is C28H22N2O5S. The number of ether oxygens (including phenoxy) is 2. The van der Waals surface area contributed by atoms with E-state index in [0.29, 0.717) is 22.7 Å². The summed E-state index contributed by atoms with van der Waals surface area (Å²) in [4.78, 5) is 12.7. The Kier molecular flexibility index (Phi) is 7.04. The molecule has 180 valence electrons. The molecule has 4 aromatic rings. The first kappa shape index (κ1) is 24.5. The summed E-state index contributed by atoms with van der Waals surface area (Å²) in [6.45, 7) is 0. The van der Waals surface area contributed by atoms with Crippen LogP contribution in [0, 0.1) is 11.3 Å². The molecule has 0 N–H and O–H groups in total. The van der Waals surface area contributed by atoms with Crippen molar-refractivity contribution in [1.82, 2.24) is 0 Å². The van der Waals surface area contributed by atoms with E-state index >= 15 is 0 Å². The summed E-state index contributed by atoms with van der Waals surface area (Å²) < 4.78 is 38.0. The van der Waals surface area contributed by atoms with Gasteiger partial charge in [-0.1, -0.05) is 30.3 Å². The zero-order valence-corrected chi connectivity index (χ0v) is 20.4. The second-order valence-corrected chi connectivity index (χ2v) is 9.77. The molecule has 0 aromatic heterocycles. The van der Waals surface area contributed by atoms with Crippen LogP contribution in [-0.4, -0.2) is 28.5 Å². The van der Waals surface area contributed by atoms with Gasteiger partial charge < -0.3 is 9.47 Å². The minimum atomic E-state index is -3.92. The van der Waals surface area contributed by atoms with Crippen molar-refractivity contribution < 1.29 is 22.7 Å². The van der Waals surface area contributed by atoms with Gasteiger partial charge in [0.05, 0.1) is 34.9 Å². The van der Waals surface area contributed by atoms with E-state index in [1.807, 2.05) is 12.1 Å². The standard InChI is InChI=1S/C28H22N2O5S/c1-30(24-12-16-25(34-2)17-13-24)36(32,33)27-5-3-4-23(18-27)28(31)35-26-14-10-22(11-15-26)21-8-6-20(19-29)7-9-21/h3-18H,1-2H3. The van der Waals surface area contributed by atoms with Crippen molar-refractivity contribution in [2.75, 3.05) is 18.5 Å². The molecule has 0 amide bonds. The van der Waals surface area contributed by atoms with Crippen molar-refractivity contribution in [1.29, 1.82) is 5.26 Å². The molecule has 0 saturated heterocycles. The Labute approximate surface area is 209 Å². The molecule has 0 bridgehead atoms. The molecule has 0 saturated carbocycles. The van der Waals surface area contributed by atoms with Gasteiger partial charge in [-0.15, -0.1) is 0 Å². The van der Waals surface area contributed by atoms with Gasteiger partial charge in [0, 0.05) is 7.05 Å². The highest BCUT2D eigenvalue weighted by Crippen LogP contribution is 2.26. The van der Waals surface area contributed by atoms with Crippen LogP contribution in [0.25, 0.3) is 11.1 Å². The molecule has 36 heavy (non-hydrogen) atoms. The van der Waals surface area contributed by atoms with E-state index in [4.69, 9.17) is 14.7 Å². The third kappa shape index (κ3) is 5.22. The minimum absolute atomic E-state index is 0.0357. The summed E-state index contributed by atoms with van der Waals surface area (Å²) >= 11 is 0. The number of rotatable bonds is 7. The first-order valence-electron chi connectivity index (χ1n) is 10.9. The lowest BCUT2D eigenvalue weighted by Gasteiger charge is -2.20. The van der Waals surface area contributed by atoms with Crippen LogP contribution in [0.3, 0.4) is 0 Å². The van der Waals surface area contributed by atoms with E-state index in [-0.39, 0.29) is 10.5 Å². The maximum Gasteiger partial charge on any atom is 0.343 e. The normalized spacial score (nSPS) is 10.8. The fraction of sp³-hybridized carbons (Fsp3) is 0.0714. The Morgan fingerprint density at radius 1 is 0.833 bits per heavy atom. The number of esters is 1. The van der Waals surface area contributed by atoms with E-state index in [1.54, 1.807) is 60.7 Å². The van der Waals surface area contributed by atoms with E-state index in [1.165, 1.54) is 38.4 Å². The zero-order valence-electron chi connectivity index (χ0n) is 19.6. The SMILES string of the molecule is COc1ccc(N(C)S(=O)(=O)c2cccc(C(=O)Oc3ccc(-c4ccc(C#N)cc4)cc3)c2)cc1. The Bertz CT molecular complexity index is 1520. The Morgan fingerprint density at radius 2 is 1.42 bits per heavy atom. The molecule has 0 atom stereocenters. The van der Waals surface area contributed by atoms with E-state index in [9.17, 15) is 13.2 Å². The number of sulfonamides is 1. The Balaban J connectivity index is 1.50. The molecular weight excluding hydrogens is 476 g/mol. The molecule has 4 aromatic carbocycles. The molecule has 0 fully saturated rings. The first-order chi connectivity index (χ1) is 17.3. The summed E-state index contributed by atoms with van der Waals surface area (Å²) in [6, 6.07) is 28.5. The third-order valence-corrected chi connectivity index (χ3v) is 7.36. The molecule has 8 heteroatoms. The predicted octanol–water partition coefficient (Wildman–Crippen LogP) is 5.28. The molecule has 7 nitrogen and oxygen atoms in total. The largest absolute Gasteiger partial charge is 0.497 e. The second-order valence-electron chi connectivity index (χ2n) is 7.80. The average Bonchev–Trinajstić information content (AvgIpc) is 2.93. The Hall–Kier alpha value is -4.61. The summed E-state index contributed by atoms with van der Waals surface area (Å²) in [5.41, 5.74) is 2.95. The number of anilines is 1. The lowest BCUT2D eigenvalue weighted by molar-refractivity contribution is 0.0734. The molecule has 0 aliphatic carbocycles. The average molecular weight is 499 g/mol. The Morgan fingerprint density at radius 3 is 2.00 bits per heavy atom. The first-order valence-corrected chi connectivity index (χ1v) is 12.3. The molecule has 0 radical (unpaired) electrons. The van der Waals surface area contributed by atoms with E-state index in [0.717, 1.165) is 15.4 Å². The van der Waals surface area contributed by atoms with Gasteiger partial charge in [0.2, 0.25) is 0 Å². The van der Waals surface area contributed by atoms with Gasteiger partial charge in [-0.2, -0.15) is 5.26 Å². The lowest BCUT2D eigenvalue weighted by Crippen LogP contribution is -2.26. The number of carbonyl (C=O) groups is 1. The number of hydrogen-bond acceptors (Lipinski definition) is 6. The zero-order chi connectivity index (χ0) is 25.7. The number of hydrogen-bond donors (Lipinski definition) is 0. The van der Waals surface area contributed by atoms with Crippen LogP contribution in [0.2, 0.25) is 0 Å². The highest BCUT2D eigenvalue weighted by atomic mass is 32.2. The van der Waals surface area contributed by atoms with Crippen molar-refractivity contribution >= 4 is 21.7 Å².